The van der Waals surface area contributed by atoms with E-state index in [9.17, 15) is 23.1 Å². The molecule has 1 fully saturated rings. The second kappa shape index (κ2) is 4.88. The van der Waals surface area contributed by atoms with Crippen molar-refractivity contribution >= 4 is 6.03 Å². The Morgan fingerprint density at radius 2 is 2.12 bits per heavy atom. The molecule has 0 aromatic carbocycles. The molecule has 0 aromatic rings. The Bertz CT molecular complexity index is 251. The summed E-state index contributed by atoms with van der Waals surface area (Å²) in [4.78, 5) is 10.9. The maximum absolute atomic E-state index is 11.7. The summed E-state index contributed by atoms with van der Waals surface area (Å²) in [7, 11) is 0. The van der Waals surface area contributed by atoms with Gasteiger partial charge in [-0.05, 0) is 13.0 Å². The fraction of sp³-hybridized carbons (Fsp3) is 0.875. The number of halogens is 3. The molecule has 0 aliphatic carbocycles. The predicted molar refractivity (Wildman–Crippen MR) is 49.9 cm³/mol. The molecule has 0 aromatic heterocycles. The van der Waals surface area contributed by atoms with Gasteiger partial charge in [0.15, 0.2) is 0 Å². The number of hydrogen-bond donors (Lipinski definition) is 4. The van der Waals surface area contributed by atoms with Gasteiger partial charge in [0.05, 0.1) is 5.60 Å². The van der Waals surface area contributed by atoms with Gasteiger partial charge in [-0.1, -0.05) is 0 Å². The monoisotopic (exact) mass is 241 g/mol. The SMILES string of the molecule is O=C(NCC(F)(F)F)NCC1(O)CCNC1. The van der Waals surface area contributed by atoms with Crippen LogP contribution < -0.4 is 16.0 Å². The predicted octanol–water partition coefficient (Wildman–Crippen LogP) is -0.428. The first-order valence-electron chi connectivity index (χ1n) is 4.82. The van der Waals surface area contributed by atoms with Gasteiger partial charge in [0, 0.05) is 13.1 Å². The molecule has 1 atom stereocenters. The third-order valence-electron chi connectivity index (χ3n) is 2.25. The van der Waals surface area contributed by atoms with Crippen LogP contribution in [0.2, 0.25) is 0 Å². The van der Waals surface area contributed by atoms with Crippen LogP contribution in [0.5, 0.6) is 0 Å². The summed E-state index contributed by atoms with van der Waals surface area (Å²) in [5.41, 5.74) is -1.06. The highest BCUT2D eigenvalue weighted by atomic mass is 19.4. The third kappa shape index (κ3) is 4.67. The van der Waals surface area contributed by atoms with Gasteiger partial charge < -0.3 is 21.1 Å². The Labute approximate surface area is 90.4 Å². The first kappa shape index (κ1) is 13.0. The highest BCUT2D eigenvalue weighted by Gasteiger charge is 2.32. The number of carbonyl (C=O) groups excluding carboxylic acids is 1. The Morgan fingerprint density at radius 3 is 2.62 bits per heavy atom. The molecule has 2 amide bonds. The number of rotatable bonds is 3. The summed E-state index contributed by atoms with van der Waals surface area (Å²) >= 11 is 0. The number of alkyl halides is 3. The van der Waals surface area contributed by atoms with Crippen LogP contribution in [0.15, 0.2) is 0 Å². The smallest absolute Gasteiger partial charge is 0.387 e. The molecule has 1 saturated heterocycles. The Balaban J connectivity index is 2.20. The van der Waals surface area contributed by atoms with Crippen LogP contribution in [-0.4, -0.2) is 49.1 Å². The first-order valence-corrected chi connectivity index (χ1v) is 4.82. The van der Waals surface area contributed by atoms with Gasteiger partial charge >= 0.3 is 12.2 Å². The Hall–Kier alpha value is -1.02. The summed E-state index contributed by atoms with van der Waals surface area (Å²) in [6, 6.07) is -0.933. The number of carbonyl (C=O) groups is 1. The van der Waals surface area contributed by atoms with Gasteiger partial charge in [-0.2, -0.15) is 13.2 Å². The van der Waals surface area contributed by atoms with E-state index in [1.807, 2.05) is 0 Å². The lowest BCUT2D eigenvalue weighted by Gasteiger charge is -2.21. The standard InChI is InChI=1S/C8H14F3N3O2/c9-8(10,11)5-14-6(15)13-4-7(16)1-2-12-3-7/h12,16H,1-5H2,(H2,13,14,15). The second-order valence-corrected chi connectivity index (χ2v) is 3.80. The van der Waals surface area contributed by atoms with Crippen molar-refractivity contribution < 1.29 is 23.1 Å². The minimum Gasteiger partial charge on any atom is -0.387 e. The zero-order chi connectivity index (χ0) is 12.2. The highest BCUT2D eigenvalue weighted by molar-refractivity contribution is 5.73. The largest absolute Gasteiger partial charge is 0.405 e. The summed E-state index contributed by atoms with van der Waals surface area (Å²) in [6.45, 7) is -0.492. The van der Waals surface area contributed by atoms with Crippen molar-refractivity contribution in [2.45, 2.75) is 18.2 Å². The number of amides is 2. The molecule has 4 N–H and O–H groups in total. The summed E-state index contributed by atoms with van der Waals surface area (Å²) in [6.07, 6.45) is -3.96. The van der Waals surface area contributed by atoms with Gasteiger partial charge in [-0.25, -0.2) is 4.79 Å². The van der Waals surface area contributed by atoms with E-state index in [0.717, 1.165) is 0 Å². The lowest BCUT2D eigenvalue weighted by Crippen LogP contribution is -2.48. The molecule has 1 aliphatic rings. The van der Waals surface area contributed by atoms with Gasteiger partial charge in [0.25, 0.3) is 0 Å². The zero-order valence-corrected chi connectivity index (χ0v) is 8.52. The van der Waals surface area contributed by atoms with Crippen LogP contribution in [0.3, 0.4) is 0 Å². The molecule has 1 aliphatic heterocycles. The average Bonchev–Trinajstić information content (AvgIpc) is 2.59. The average molecular weight is 241 g/mol. The van der Waals surface area contributed by atoms with E-state index < -0.39 is 24.4 Å². The molecule has 0 spiro atoms. The van der Waals surface area contributed by atoms with Crippen molar-refractivity contribution in [3.63, 3.8) is 0 Å². The lowest BCUT2D eigenvalue weighted by molar-refractivity contribution is -0.122. The van der Waals surface area contributed by atoms with Crippen molar-refractivity contribution in [1.29, 1.82) is 0 Å². The van der Waals surface area contributed by atoms with Crippen LogP contribution in [0.1, 0.15) is 6.42 Å². The molecule has 0 bridgehead atoms. The van der Waals surface area contributed by atoms with Gasteiger partial charge in [-0.3, -0.25) is 0 Å². The Morgan fingerprint density at radius 1 is 1.44 bits per heavy atom. The van der Waals surface area contributed by atoms with Crippen molar-refractivity contribution in [2.24, 2.45) is 0 Å². The second-order valence-electron chi connectivity index (χ2n) is 3.80. The van der Waals surface area contributed by atoms with Crippen molar-refractivity contribution in [3.05, 3.63) is 0 Å². The number of nitrogens with one attached hydrogen (secondary N) is 3. The van der Waals surface area contributed by atoms with E-state index in [-0.39, 0.29) is 6.54 Å². The van der Waals surface area contributed by atoms with Crippen LogP contribution in [0, 0.1) is 0 Å². The molecule has 0 radical (unpaired) electrons. The molecule has 5 nitrogen and oxygen atoms in total. The lowest BCUT2D eigenvalue weighted by atomic mass is 10.0. The fourth-order valence-electron chi connectivity index (χ4n) is 1.37. The summed E-state index contributed by atoms with van der Waals surface area (Å²) in [5, 5.41) is 16.5. The highest BCUT2D eigenvalue weighted by Crippen LogP contribution is 2.13. The third-order valence-corrected chi connectivity index (χ3v) is 2.25. The van der Waals surface area contributed by atoms with E-state index in [2.05, 4.69) is 10.6 Å². The number of urea groups is 1. The molecule has 0 saturated carbocycles. The minimum absolute atomic E-state index is 0.0658. The van der Waals surface area contributed by atoms with E-state index >= 15 is 0 Å². The zero-order valence-electron chi connectivity index (χ0n) is 8.52. The van der Waals surface area contributed by atoms with Crippen LogP contribution >= 0.6 is 0 Å². The number of aliphatic hydroxyl groups is 1. The van der Waals surface area contributed by atoms with Crippen molar-refractivity contribution in [1.82, 2.24) is 16.0 Å². The van der Waals surface area contributed by atoms with E-state index in [0.29, 0.717) is 19.5 Å². The fourth-order valence-corrected chi connectivity index (χ4v) is 1.37. The quantitative estimate of drug-likeness (QED) is 0.542. The molecular formula is C8H14F3N3O2. The van der Waals surface area contributed by atoms with Gasteiger partial charge in [0.2, 0.25) is 0 Å². The number of β-amino-alcohol motifs (C(OH)–C–C–N with tert-alkyl or cyclic N) is 1. The molecule has 1 heterocycles. The van der Waals surface area contributed by atoms with E-state index in [4.69, 9.17) is 0 Å². The molecule has 94 valence electrons. The molecule has 1 unspecified atom stereocenters. The van der Waals surface area contributed by atoms with Crippen LogP contribution in [-0.2, 0) is 0 Å². The van der Waals surface area contributed by atoms with Gasteiger partial charge in [-0.15, -0.1) is 0 Å². The molecular weight excluding hydrogens is 227 g/mol. The van der Waals surface area contributed by atoms with Crippen molar-refractivity contribution in [2.75, 3.05) is 26.2 Å². The minimum atomic E-state index is -4.43. The Kier molecular flexibility index (Phi) is 3.98. The van der Waals surface area contributed by atoms with E-state index in [1.165, 1.54) is 0 Å². The van der Waals surface area contributed by atoms with Gasteiger partial charge in [0.1, 0.15) is 6.54 Å². The normalized spacial score (nSPS) is 25.5. The molecule has 1 rings (SSSR count). The summed E-state index contributed by atoms with van der Waals surface area (Å²) in [5.74, 6) is 0. The topological polar surface area (TPSA) is 73.4 Å². The van der Waals surface area contributed by atoms with Crippen molar-refractivity contribution in [3.8, 4) is 0 Å². The maximum atomic E-state index is 11.7. The molecule has 16 heavy (non-hydrogen) atoms. The van der Waals surface area contributed by atoms with E-state index in [1.54, 1.807) is 5.32 Å². The van der Waals surface area contributed by atoms with Crippen LogP contribution in [0.25, 0.3) is 0 Å². The first-order chi connectivity index (χ1) is 7.31. The van der Waals surface area contributed by atoms with Crippen LogP contribution in [0.4, 0.5) is 18.0 Å². The summed E-state index contributed by atoms with van der Waals surface area (Å²) < 4.78 is 35.2. The maximum Gasteiger partial charge on any atom is 0.405 e. The molecule has 8 heteroatoms. The number of hydrogen-bond acceptors (Lipinski definition) is 3.